The summed E-state index contributed by atoms with van der Waals surface area (Å²) in [6, 6.07) is 12.5. The van der Waals surface area contributed by atoms with Crippen molar-refractivity contribution in [3.8, 4) is 11.4 Å². The van der Waals surface area contributed by atoms with E-state index in [0.717, 1.165) is 18.1 Å². The van der Waals surface area contributed by atoms with Crippen molar-refractivity contribution in [1.82, 2.24) is 34.9 Å². The van der Waals surface area contributed by atoms with Crippen molar-refractivity contribution in [1.29, 1.82) is 0 Å². The number of amides is 1. The molecule has 0 spiro atoms. The van der Waals surface area contributed by atoms with Crippen LogP contribution in [0.4, 0.5) is 11.4 Å². The lowest BCUT2D eigenvalue weighted by Gasteiger charge is -2.10. The molecule has 0 radical (unpaired) electrons. The average molecular weight is 486 g/mol. The van der Waals surface area contributed by atoms with Crippen molar-refractivity contribution in [3.63, 3.8) is 0 Å². The molecule has 10 nitrogen and oxygen atoms in total. The van der Waals surface area contributed by atoms with Crippen LogP contribution in [-0.4, -0.2) is 61.4 Å². The number of halogens is 2. The number of hydrogen-bond donors (Lipinski definition) is 2. The highest BCUT2D eigenvalue weighted by molar-refractivity contribution is 6.37. The van der Waals surface area contributed by atoms with E-state index in [1.807, 2.05) is 38.4 Å². The van der Waals surface area contributed by atoms with Crippen molar-refractivity contribution < 1.29 is 4.79 Å². The number of aromatic nitrogens is 6. The number of benzene rings is 2. The molecule has 12 heteroatoms. The molecular formula is C21H21Cl2N9O. The Hall–Kier alpha value is -3.47. The van der Waals surface area contributed by atoms with E-state index in [1.165, 1.54) is 4.68 Å². The van der Waals surface area contributed by atoms with E-state index in [2.05, 4.69) is 30.8 Å². The average Bonchev–Trinajstić information content (AvgIpc) is 3.40. The molecule has 2 heterocycles. The van der Waals surface area contributed by atoms with Gasteiger partial charge in [-0.1, -0.05) is 29.3 Å². The maximum absolute atomic E-state index is 12.0. The molecule has 0 aliphatic carbocycles. The first-order chi connectivity index (χ1) is 15.8. The summed E-state index contributed by atoms with van der Waals surface area (Å²) in [5, 5.41) is 20.2. The molecule has 170 valence electrons. The molecule has 33 heavy (non-hydrogen) atoms. The van der Waals surface area contributed by atoms with Crippen LogP contribution in [0.15, 0.2) is 48.7 Å². The molecule has 0 atom stereocenters. The molecule has 4 rings (SSSR count). The van der Waals surface area contributed by atoms with Crippen LogP contribution in [0.2, 0.25) is 10.0 Å². The quantitative estimate of drug-likeness (QED) is 0.393. The van der Waals surface area contributed by atoms with Crippen LogP contribution in [0, 0.1) is 0 Å². The molecule has 0 unspecified atom stereocenters. The Morgan fingerprint density at radius 3 is 2.45 bits per heavy atom. The molecule has 0 saturated carbocycles. The minimum atomic E-state index is -0.685. The Morgan fingerprint density at radius 2 is 1.82 bits per heavy atom. The first-order valence-corrected chi connectivity index (χ1v) is 10.7. The zero-order valence-corrected chi connectivity index (χ0v) is 19.4. The van der Waals surface area contributed by atoms with Crippen LogP contribution in [0.3, 0.4) is 0 Å². The van der Waals surface area contributed by atoms with Crippen LogP contribution in [0.25, 0.3) is 11.4 Å². The van der Waals surface area contributed by atoms with E-state index >= 15 is 0 Å². The van der Waals surface area contributed by atoms with E-state index in [0.29, 0.717) is 33.5 Å². The lowest BCUT2D eigenvalue weighted by molar-refractivity contribution is 0.0996. The van der Waals surface area contributed by atoms with Gasteiger partial charge in [0.2, 0.25) is 0 Å². The van der Waals surface area contributed by atoms with Gasteiger partial charge in [0.15, 0.2) is 11.5 Å². The summed E-state index contributed by atoms with van der Waals surface area (Å²) in [7, 11) is 3.99. The zero-order valence-electron chi connectivity index (χ0n) is 17.9. The highest BCUT2D eigenvalue weighted by atomic mass is 35.5. The number of likely N-dealkylation sites (N-methyl/N-ethyl adjacent to an activating group) is 1. The molecule has 0 aliphatic rings. The zero-order chi connectivity index (χ0) is 23.5. The molecule has 0 saturated heterocycles. The topological polar surface area (TPSA) is 120 Å². The van der Waals surface area contributed by atoms with Gasteiger partial charge in [-0.3, -0.25) is 4.79 Å². The van der Waals surface area contributed by atoms with Crippen molar-refractivity contribution in [2.45, 2.75) is 6.42 Å². The molecule has 0 bridgehead atoms. The predicted octanol–water partition coefficient (Wildman–Crippen LogP) is 3.10. The second-order valence-electron chi connectivity index (χ2n) is 7.50. The number of nitrogens with two attached hydrogens (primary N) is 1. The van der Waals surface area contributed by atoms with Crippen LogP contribution >= 0.6 is 23.2 Å². The number of para-hydroxylation sites is 1. The lowest BCUT2D eigenvalue weighted by atomic mass is 10.2. The number of anilines is 2. The minimum Gasteiger partial charge on any atom is -0.364 e. The molecule has 4 aromatic rings. The van der Waals surface area contributed by atoms with E-state index in [-0.39, 0.29) is 5.69 Å². The van der Waals surface area contributed by atoms with Crippen LogP contribution < -0.4 is 11.1 Å². The predicted molar refractivity (Wildman–Crippen MR) is 127 cm³/mol. The first-order valence-electron chi connectivity index (χ1n) is 9.97. The van der Waals surface area contributed by atoms with Gasteiger partial charge in [0.05, 0.1) is 27.6 Å². The van der Waals surface area contributed by atoms with Gasteiger partial charge in [0, 0.05) is 18.7 Å². The van der Waals surface area contributed by atoms with Crippen molar-refractivity contribution in [3.05, 3.63) is 70.2 Å². The van der Waals surface area contributed by atoms with Gasteiger partial charge in [-0.15, -0.1) is 5.10 Å². The van der Waals surface area contributed by atoms with Crippen molar-refractivity contribution in [2.75, 3.05) is 26.0 Å². The summed E-state index contributed by atoms with van der Waals surface area (Å²) >= 11 is 12.6. The van der Waals surface area contributed by atoms with Gasteiger partial charge in [-0.25, -0.2) is 4.68 Å². The van der Waals surface area contributed by atoms with Crippen molar-refractivity contribution >= 4 is 40.5 Å². The fourth-order valence-electron chi connectivity index (χ4n) is 3.20. The monoisotopic (exact) mass is 485 g/mol. The Labute approximate surface area is 199 Å². The first kappa shape index (κ1) is 22.7. The van der Waals surface area contributed by atoms with Gasteiger partial charge in [-0.2, -0.15) is 9.78 Å². The third-order valence-corrected chi connectivity index (χ3v) is 5.43. The summed E-state index contributed by atoms with van der Waals surface area (Å²) in [5.74, 6) is 0.0774. The number of hydrogen-bond acceptors (Lipinski definition) is 7. The summed E-state index contributed by atoms with van der Waals surface area (Å²) in [6.45, 7) is 0.829. The Bertz CT molecular complexity index is 1260. The lowest BCUT2D eigenvalue weighted by Crippen LogP contribution is -2.17. The van der Waals surface area contributed by atoms with Crippen LogP contribution in [-0.2, 0) is 6.42 Å². The van der Waals surface area contributed by atoms with Gasteiger partial charge in [-0.05, 0) is 60.9 Å². The molecule has 3 N–H and O–H groups in total. The van der Waals surface area contributed by atoms with E-state index < -0.39 is 5.91 Å². The number of nitrogens with one attached hydrogen (secondary N) is 1. The van der Waals surface area contributed by atoms with E-state index in [9.17, 15) is 4.79 Å². The number of carbonyl (C=O) groups is 1. The van der Waals surface area contributed by atoms with E-state index in [1.54, 1.807) is 29.1 Å². The highest BCUT2D eigenvalue weighted by Gasteiger charge is 2.18. The molecule has 1 amide bonds. The standard InChI is InChI=1S/C21H21Cl2N9O/c1-30(2)11-10-18-26-28-29-32(18)14-8-6-13(7-9-14)25-17-12-31(27-19(17)21(24)33)20-15(22)4-3-5-16(20)23/h3-9,12,25H,10-11H2,1-2H3,(H2,24,33). The maximum atomic E-state index is 12.0. The number of carbonyl (C=O) groups excluding carboxylic acids is 1. The summed E-state index contributed by atoms with van der Waals surface area (Å²) < 4.78 is 3.12. The largest absolute Gasteiger partial charge is 0.364 e. The van der Waals surface area contributed by atoms with Gasteiger partial charge in [0.1, 0.15) is 5.69 Å². The normalized spacial score (nSPS) is 11.2. The summed E-state index contributed by atoms with van der Waals surface area (Å²) in [5.41, 5.74) is 8.00. The Balaban J connectivity index is 1.60. The third kappa shape index (κ3) is 4.98. The second-order valence-corrected chi connectivity index (χ2v) is 8.32. The smallest absolute Gasteiger partial charge is 0.271 e. The number of primary amides is 1. The maximum Gasteiger partial charge on any atom is 0.271 e. The highest BCUT2D eigenvalue weighted by Crippen LogP contribution is 2.30. The fraction of sp³-hybridized carbons (Fsp3) is 0.190. The second kappa shape index (κ2) is 9.57. The number of rotatable bonds is 8. The Morgan fingerprint density at radius 1 is 1.12 bits per heavy atom. The number of nitrogens with zero attached hydrogens (tertiary/aromatic N) is 7. The van der Waals surface area contributed by atoms with Crippen LogP contribution in [0.5, 0.6) is 0 Å². The molecule has 0 aliphatic heterocycles. The molecule has 2 aromatic carbocycles. The molecule has 0 fully saturated rings. The minimum absolute atomic E-state index is 0.0570. The Kier molecular flexibility index (Phi) is 6.59. The van der Waals surface area contributed by atoms with Gasteiger partial charge >= 0.3 is 0 Å². The summed E-state index contributed by atoms with van der Waals surface area (Å²) in [4.78, 5) is 14.1. The molecule has 2 aromatic heterocycles. The third-order valence-electron chi connectivity index (χ3n) is 4.82. The SMILES string of the molecule is CN(C)CCc1nnnn1-c1ccc(Nc2cn(-c3c(Cl)cccc3Cl)nc2C(N)=O)cc1. The van der Waals surface area contributed by atoms with E-state index in [4.69, 9.17) is 28.9 Å². The fourth-order valence-corrected chi connectivity index (χ4v) is 3.77. The summed E-state index contributed by atoms with van der Waals surface area (Å²) in [6.07, 6.45) is 2.33. The number of tetrazole rings is 1. The van der Waals surface area contributed by atoms with Crippen LogP contribution in [0.1, 0.15) is 16.3 Å². The van der Waals surface area contributed by atoms with Gasteiger partial charge in [0.25, 0.3) is 5.91 Å². The van der Waals surface area contributed by atoms with Gasteiger partial charge < -0.3 is 16.0 Å². The van der Waals surface area contributed by atoms with Crippen molar-refractivity contribution in [2.24, 2.45) is 5.73 Å². The molecular weight excluding hydrogens is 465 g/mol.